The normalized spacial score (nSPS) is 12.0. The molecule has 0 spiro atoms. The van der Waals surface area contributed by atoms with Crippen molar-refractivity contribution in [1.29, 1.82) is 5.26 Å². The van der Waals surface area contributed by atoms with E-state index in [-0.39, 0.29) is 24.3 Å². The molecular weight excluding hydrogens is 380 g/mol. The zero-order valence-electron chi connectivity index (χ0n) is 15.3. The molecule has 0 unspecified atom stereocenters. The molecule has 1 aliphatic rings. The van der Waals surface area contributed by atoms with E-state index in [9.17, 15) is 19.8 Å². The van der Waals surface area contributed by atoms with E-state index in [2.05, 4.69) is 0 Å². The summed E-state index contributed by atoms with van der Waals surface area (Å²) >= 11 is 0. The summed E-state index contributed by atoms with van der Waals surface area (Å²) in [7, 11) is 0. The topological polar surface area (TPSA) is 129 Å². The molecule has 0 saturated carbocycles. The summed E-state index contributed by atoms with van der Waals surface area (Å²) in [5, 5.41) is 27.9. The van der Waals surface area contributed by atoms with Gasteiger partial charge in [0, 0.05) is 24.4 Å². The Hall–Kier alpha value is -3.93. The van der Waals surface area contributed by atoms with Crippen molar-refractivity contribution in [2.45, 2.75) is 6.42 Å². The number of aromatic hydroxyl groups is 2. The fraction of sp³-hybridized carbons (Fsp3) is 0.250. The first-order valence-corrected chi connectivity index (χ1v) is 8.75. The molecule has 29 heavy (non-hydrogen) atoms. The molecule has 2 aromatic carbocycles. The number of phenolic OH excluding ortho intramolecular Hbond substituents is 2. The van der Waals surface area contributed by atoms with Crippen molar-refractivity contribution in [2.75, 3.05) is 31.3 Å². The van der Waals surface area contributed by atoms with Gasteiger partial charge in [-0.1, -0.05) is 0 Å². The van der Waals surface area contributed by atoms with E-state index in [0.29, 0.717) is 30.4 Å². The van der Waals surface area contributed by atoms with Crippen LogP contribution in [0, 0.1) is 11.3 Å². The maximum absolute atomic E-state index is 12.7. The van der Waals surface area contributed by atoms with Crippen LogP contribution >= 0.6 is 0 Å². The number of hydrogen-bond donors (Lipinski definition) is 2. The van der Waals surface area contributed by atoms with Crippen LogP contribution in [-0.4, -0.2) is 48.5 Å². The second-order valence-corrected chi connectivity index (χ2v) is 6.06. The second-order valence-electron chi connectivity index (χ2n) is 6.06. The summed E-state index contributed by atoms with van der Waals surface area (Å²) in [5.41, 5.74) is 0.288. The van der Waals surface area contributed by atoms with E-state index in [1.54, 1.807) is 18.2 Å². The Morgan fingerprint density at radius 2 is 1.86 bits per heavy atom. The molecule has 1 aliphatic heterocycles. The van der Waals surface area contributed by atoms with Gasteiger partial charge in [0.05, 0.1) is 12.5 Å². The molecule has 0 bridgehead atoms. The Kier molecular flexibility index (Phi) is 6.04. The number of hydrogen-bond acceptors (Lipinski definition) is 8. The average Bonchev–Trinajstić information content (AvgIpc) is 2.72. The highest BCUT2D eigenvalue weighted by Crippen LogP contribution is 2.34. The Morgan fingerprint density at radius 1 is 1.10 bits per heavy atom. The molecule has 0 aliphatic carbocycles. The van der Waals surface area contributed by atoms with E-state index in [1.807, 2.05) is 6.07 Å². The van der Waals surface area contributed by atoms with E-state index >= 15 is 0 Å². The minimum Gasteiger partial charge on any atom is -0.508 e. The quantitative estimate of drug-likeness (QED) is 0.707. The molecular formula is C20H18N2O7. The van der Waals surface area contributed by atoms with Crippen LogP contribution in [0.15, 0.2) is 36.4 Å². The molecule has 150 valence electrons. The summed E-state index contributed by atoms with van der Waals surface area (Å²) in [5.74, 6) is -1.11. The number of ether oxygens (including phenoxy) is 3. The first-order valence-electron chi connectivity index (χ1n) is 8.75. The molecule has 1 amide bonds. The third-order valence-electron chi connectivity index (χ3n) is 4.11. The highest BCUT2D eigenvalue weighted by Gasteiger charge is 2.22. The van der Waals surface area contributed by atoms with Crippen LogP contribution in [0.5, 0.6) is 23.0 Å². The van der Waals surface area contributed by atoms with Crippen LogP contribution in [0.3, 0.4) is 0 Å². The smallest absolute Gasteiger partial charge is 0.342 e. The number of amides is 1. The number of anilines is 1. The van der Waals surface area contributed by atoms with Crippen LogP contribution in [0.4, 0.5) is 5.69 Å². The second kappa shape index (κ2) is 8.84. The fourth-order valence-electron chi connectivity index (χ4n) is 2.74. The van der Waals surface area contributed by atoms with Gasteiger partial charge in [-0.3, -0.25) is 4.79 Å². The molecule has 2 N–H and O–H groups in total. The lowest BCUT2D eigenvalue weighted by Crippen LogP contribution is -2.35. The predicted octanol–water partition coefficient (Wildman–Crippen LogP) is 1.97. The van der Waals surface area contributed by atoms with Gasteiger partial charge in [-0.2, -0.15) is 5.26 Å². The van der Waals surface area contributed by atoms with Gasteiger partial charge in [-0.05, 0) is 24.3 Å². The maximum atomic E-state index is 12.7. The molecule has 0 fully saturated rings. The van der Waals surface area contributed by atoms with Crippen LogP contribution < -0.4 is 14.4 Å². The molecule has 3 rings (SSSR count). The van der Waals surface area contributed by atoms with Crippen LogP contribution in [-0.2, 0) is 9.53 Å². The van der Waals surface area contributed by atoms with Crippen molar-refractivity contribution in [1.82, 2.24) is 0 Å². The Labute approximate surface area is 166 Å². The summed E-state index contributed by atoms with van der Waals surface area (Å²) in [6.07, 6.45) is 0.0763. The van der Waals surface area contributed by atoms with Crippen molar-refractivity contribution >= 4 is 17.6 Å². The van der Waals surface area contributed by atoms with Gasteiger partial charge in [-0.25, -0.2) is 4.79 Å². The number of nitrogens with zero attached hydrogens (tertiary/aromatic N) is 2. The summed E-state index contributed by atoms with van der Waals surface area (Å²) in [4.78, 5) is 26.1. The van der Waals surface area contributed by atoms with E-state index < -0.39 is 24.2 Å². The minimum atomic E-state index is -0.918. The first kappa shape index (κ1) is 19.8. The molecule has 0 radical (unpaired) electrons. The lowest BCUT2D eigenvalue weighted by Gasteiger charge is -2.24. The highest BCUT2D eigenvalue weighted by atomic mass is 16.6. The highest BCUT2D eigenvalue weighted by molar-refractivity contribution is 5.98. The predicted molar refractivity (Wildman–Crippen MR) is 100 cm³/mol. The van der Waals surface area contributed by atoms with Crippen molar-refractivity contribution in [3.8, 4) is 29.1 Å². The Balaban J connectivity index is 1.72. The monoisotopic (exact) mass is 398 g/mol. The van der Waals surface area contributed by atoms with Gasteiger partial charge in [-0.15, -0.1) is 0 Å². The number of phenols is 2. The number of carbonyl (C=O) groups is 2. The van der Waals surface area contributed by atoms with Crippen LogP contribution in [0.25, 0.3) is 0 Å². The van der Waals surface area contributed by atoms with Gasteiger partial charge in [0.1, 0.15) is 30.3 Å². The van der Waals surface area contributed by atoms with Gasteiger partial charge >= 0.3 is 5.97 Å². The number of carbonyl (C=O) groups excluding carboxylic acids is 2. The third-order valence-corrected chi connectivity index (χ3v) is 4.11. The summed E-state index contributed by atoms with van der Waals surface area (Å²) < 4.78 is 16.0. The molecule has 9 nitrogen and oxygen atoms in total. The molecule has 0 atom stereocenters. The first-order chi connectivity index (χ1) is 14.0. The van der Waals surface area contributed by atoms with Crippen molar-refractivity contribution in [3.05, 3.63) is 42.0 Å². The number of rotatable bonds is 6. The van der Waals surface area contributed by atoms with Gasteiger partial charge in [0.15, 0.2) is 18.1 Å². The third kappa shape index (κ3) is 4.68. The SMILES string of the molecule is N#CCCN(C(=O)COC(=O)c1ccc(O)cc1O)c1ccc2c(c1)OCCO2. The number of esters is 1. The Morgan fingerprint density at radius 3 is 2.59 bits per heavy atom. The molecule has 9 heteroatoms. The number of fused-ring (bicyclic) bond motifs is 1. The van der Waals surface area contributed by atoms with Gasteiger partial charge in [0.2, 0.25) is 0 Å². The average molecular weight is 398 g/mol. The lowest BCUT2D eigenvalue weighted by atomic mass is 10.2. The van der Waals surface area contributed by atoms with Crippen LogP contribution in [0.1, 0.15) is 16.8 Å². The Bertz CT molecular complexity index is 968. The lowest BCUT2D eigenvalue weighted by molar-refractivity contribution is -0.121. The molecule has 0 saturated heterocycles. The van der Waals surface area contributed by atoms with Gasteiger partial charge in [0.25, 0.3) is 5.91 Å². The van der Waals surface area contributed by atoms with E-state index in [0.717, 1.165) is 6.07 Å². The molecule has 1 heterocycles. The minimum absolute atomic E-state index is 0.0763. The maximum Gasteiger partial charge on any atom is 0.342 e. The zero-order chi connectivity index (χ0) is 20.8. The summed E-state index contributed by atoms with van der Waals surface area (Å²) in [6, 6.07) is 10.3. The van der Waals surface area contributed by atoms with Crippen molar-refractivity contribution in [2.24, 2.45) is 0 Å². The zero-order valence-corrected chi connectivity index (χ0v) is 15.3. The standard InChI is InChI=1S/C20H18N2O7/c21-6-1-7-22(13-2-5-17-18(10-13)28-9-8-27-17)19(25)12-29-20(26)15-4-3-14(23)11-16(15)24/h2-5,10-11,23-24H,1,7-9,12H2. The van der Waals surface area contributed by atoms with Gasteiger partial charge < -0.3 is 29.3 Å². The molecule has 0 aromatic heterocycles. The largest absolute Gasteiger partial charge is 0.508 e. The van der Waals surface area contributed by atoms with Crippen molar-refractivity contribution < 1.29 is 34.0 Å². The number of benzene rings is 2. The van der Waals surface area contributed by atoms with Crippen LogP contribution in [0.2, 0.25) is 0 Å². The summed E-state index contributed by atoms with van der Waals surface area (Å²) in [6.45, 7) is 0.315. The molecule has 2 aromatic rings. The number of nitriles is 1. The van der Waals surface area contributed by atoms with E-state index in [4.69, 9.17) is 19.5 Å². The van der Waals surface area contributed by atoms with E-state index in [1.165, 1.54) is 17.0 Å². The van der Waals surface area contributed by atoms with Crippen molar-refractivity contribution in [3.63, 3.8) is 0 Å². The fourth-order valence-corrected chi connectivity index (χ4v) is 2.74.